The molecule has 0 saturated carbocycles. The smallest absolute Gasteiger partial charge is 0.412 e. The van der Waals surface area contributed by atoms with Crippen molar-refractivity contribution < 1.29 is 19.5 Å². The summed E-state index contributed by atoms with van der Waals surface area (Å²) >= 11 is 0. The highest BCUT2D eigenvalue weighted by Crippen LogP contribution is 2.20. The molecule has 0 saturated heterocycles. The Morgan fingerprint density at radius 2 is 2.09 bits per heavy atom. The van der Waals surface area contributed by atoms with E-state index < -0.39 is 11.7 Å². The van der Waals surface area contributed by atoms with Gasteiger partial charge in [0.1, 0.15) is 5.75 Å². The molecule has 8 nitrogen and oxygen atoms in total. The summed E-state index contributed by atoms with van der Waals surface area (Å²) in [5.74, 6) is 0.502. The number of carbonyl (C=O) groups excluding carboxylic acids is 1. The molecular weight excluding hydrogens is 288 g/mol. The van der Waals surface area contributed by atoms with Crippen molar-refractivity contribution in [2.45, 2.75) is 13.8 Å². The van der Waals surface area contributed by atoms with Crippen LogP contribution in [0.3, 0.4) is 0 Å². The number of aryl methyl sites for hydroxylation is 1. The number of ether oxygens (including phenoxy) is 2. The third-order valence-electron chi connectivity index (χ3n) is 2.65. The van der Waals surface area contributed by atoms with Gasteiger partial charge in [0.15, 0.2) is 5.82 Å². The third-order valence-corrected chi connectivity index (χ3v) is 2.65. The molecule has 1 aromatic carbocycles. The van der Waals surface area contributed by atoms with Gasteiger partial charge in [0.05, 0.1) is 6.61 Å². The van der Waals surface area contributed by atoms with Crippen LogP contribution in [0, 0.1) is 12.3 Å². The van der Waals surface area contributed by atoms with Crippen LogP contribution in [-0.4, -0.2) is 27.6 Å². The van der Waals surface area contributed by atoms with E-state index in [0.717, 1.165) is 5.56 Å². The van der Waals surface area contributed by atoms with E-state index in [2.05, 4.69) is 10.3 Å². The first-order valence-corrected chi connectivity index (χ1v) is 6.56. The van der Waals surface area contributed by atoms with Crippen LogP contribution in [-0.2, 0) is 4.74 Å². The van der Waals surface area contributed by atoms with Crippen LogP contribution in [0.4, 0.5) is 10.6 Å². The number of amides is 1. The van der Waals surface area contributed by atoms with Crippen molar-refractivity contribution in [1.29, 1.82) is 5.41 Å². The van der Waals surface area contributed by atoms with Crippen LogP contribution in [0.1, 0.15) is 12.5 Å². The molecule has 1 aromatic heterocycles. The topological polar surface area (TPSA) is 109 Å². The van der Waals surface area contributed by atoms with Crippen molar-refractivity contribution >= 4 is 11.9 Å². The summed E-state index contributed by atoms with van der Waals surface area (Å²) < 4.78 is 10.6. The molecule has 2 rings (SSSR count). The van der Waals surface area contributed by atoms with Gasteiger partial charge in [-0.1, -0.05) is 17.7 Å². The first-order valence-electron chi connectivity index (χ1n) is 6.56. The molecule has 116 valence electrons. The fourth-order valence-electron chi connectivity index (χ4n) is 1.62. The average molecular weight is 304 g/mol. The summed E-state index contributed by atoms with van der Waals surface area (Å²) in [6.07, 6.45) is -0.753. The SMILES string of the molecule is CCOC(=O)Nc1cc(Oc2ccc(C)cc2)nc(=N)n1O. The molecule has 0 fully saturated rings. The van der Waals surface area contributed by atoms with E-state index in [1.165, 1.54) is 6.07 Å². The molecule has 1 heterocycles. The number of nitrogens with zero attached hydrogens (tertiary/aromatic N) is 2. The van der Waals surface area contributed by atoms with Gasteiger partial charge in [-0.05, 0) is 26.0 Å². The van der Waals surface area contributed by atoms with Gasteiger partial charge in [0.2, 0.25) is 5.88 Å². The number of hydrogen-bond donors (Lipinski definition) is 3. The second-order valence-electron chi connectivity index (χ2n) is 4.38. The number of carbonyl (C=O) groups is 1. The molecule has 1 amide bonds. The van der Waals surface area contributed by atoms with E-state index >= 15 is 0 Å². The van der Waals surface area contributed by atoms with Gasteiger partial charge in [0.25, 0.3) is 5.62 Å². The zero-order valence-corrected chi connectivity index (χ0v) is 12.2. The highest BCUT2D eigenvalue weighted by Gasteiger charge is 2.11. The van der Waals surface area contributed by atoms with Crippen molar-refractivity contribution in [3.05, 3.63) is 41.5 Å². The second-order valence-corrected chi connectivity index (χ2v) is 4.38. The number of benzene rings is 1. The Balaban J connectivity index is 2.25. The first kappa shape index (κ1) is 15.4. The van der Waals surface area contributed by atoms with E-state index in [-0.39, 0.29) is 18.3 Å². The molecule has 0 aliphatic heterocycles. The second kappa shape index (κ2) is 6.61. The van der Waals surface area contributed by atoms with Crippen molar-refractivity contribution in [1.82, 2.24) is 9.71 Å². The molecule has 0 bridgehead atoms. The summed E-state index contributed by atoms with van der Waals surface area (Å²) in [7, 11) is 0. The number of nitrogens with one attached hydrogen (secondary N) is 2. The van der Waals surface area contributed by atoms with Gasteiger partial charge in [-0.25, -0.2) is 4.79 Å². The molecule has 0 radical (unpaired) electrons. The lowest BCUT2D eigenvalue weighted by Gasteiger charge is -2.11. The molecule has 0 unspecified atom stereocenters. The van der Waals surface area contributed by atoms with Crippen LogP contribution in [0.5, 0.6) is 11.6 Å². The zero-order chi connectivity index (χ0) is 16.1. The number of anilines is 1. The minimum Gasteiger partial charge on any atom is -0.450 e. The third kappa shape index (κ3) is 3.75. The minimum absolute atomic E-state index is 0.0611. The fraction of sp³-hybridized carbons (Fsp3) is 0.214. The van der Waals surface area contributed by atoms with Crippen molar-refractivity contribution in [3.63, 3.8) is 0 Å². The van der Waals surface area contributed by atoms with Gasteiger partial charge in [-0.3, -0.25) is 10.7 Å². The molecule has 8 heteroatoms. The lowest BCUT2D eigenvalue weighted by Crippen LogP contribution is -2.26. The standard InChI is InChI=1S/C14H16N4O4/c1-3-21-14(19)16-11-8-12(17-13(15)18(11)20)22-10-6-4-9(2)5-7-10/h4-8,15,20H,3H2,1-2H3,(H,16,19). The van der Waals surface area contributed by atoms with E-state index in [0.29, 0.717) is 10.5 Å². The Morgan fingerprint density at radius 1 is 1.41 bits per heavy atom. The largest absolute Gasteiger partial charge is 0.450 e. The van der Waals surface area contributed by atoms with Gasteiger partial charge in [0, 0.05) is 6.07 Å². The van der Waals surface area contributed by atoms with Crippen LogP contribution in [0.15, 0.2) is 30.3 Å². The Morgan fingerprint density at radius 3 is 2.73 bits per heavy atom. The first-order chi connectivity index (χ1) is 10.5. The van der Waals surface area contributed by atoms with Gasteiger partial charge < -0.3 is 14.7 Å². The lowest BCUT2D eigenvalue weighted by atomic mass is 10.2. The summed E-state index contributed by atoms with van der Waals surface area (Å²) in [4.78, 5) is 15.2. The molecule has 0 spiro atoms. The van der Waals surface area contributed by atoms with Gasteiger partial charge in [-0.15, -0.1) is 4.73 Å². The predicted octanol–water partition coefficient (Wildman–Crippen LogP) is 2.27. The Bertz CT molecular complexity index is 725. The maximum atomic E-state index is 11.4. The van der Waals surface area contributed by atoms with E-state index in [1.807, 2.05) is 19.1 Å². The molecule has 0 aliphatic carbocycles. The maximum absolute atomic E-state index is 11.4. The van der Waals surface area contributed by atoms with E-state index in [4.69, 9.17) is 14.9 Å². The average Bonchev–Trinajstić information content (AvgIpc) is 2.47. The minimum atomic E-state index is -0.753. The lowest BCUT2D eigenvalue weighted by molar-refractivity contribution is 0.157. The van der Waals surface area contributed by atoms with Crippen molar-refractivity contribution in [3.8, 4) is 11.6 Å². The maximum Gasteiger partial charge on any atom is 0.412 e. The Kier molecular flexibility index (Phi) is 4.62. The van der Waals surface area contributed by atoms with Gasteiger partial charge >= 0.3 is 6.09 Å². The molecular formula is C14H16N4O4. The highest BCUT2D eigenvalue weighted by atomic mass is 16.5. The van der Waals surface area contributed by atoms with Crippen LogP contribution in [0.25, 0.3) is 0 Å². The van der Waals surface area contributed by atoms with Crippen LogP contribution >= 0.6 is 0 Å². The van der Waals surface area contributed by atoms with Crippen molar-refractivity contribution in [2.75, 3.05) is 11.9 Å². The monoisotopic (exact) mass is 304 g/mol. The fourth-order valence-corrected chi connectivity index (χ4v) is 1.62. The molecule has 22 heavy (non-hydrogen) atoms. The predicted molar refractivity (Wildman–Crippen MR) is 77.2 cm³/mol. The highest BCUT2D eigenvalue weighted by molar-refractivity contribution is 5.83. The summed E-state index contributed by atoms with van der Waals surface area (Å²) in [5.41, 5.74) is 0.587. The Hall–Kier alpha value is -3.03. The molecule has 0 atom stereocenters. The number of rotatable bonds is 4. The van der Waals surface area contributed by atoms with Crippen molar-refractivity contribution in [2.24, 2.45) is 0 Å². The van der Waals surface area contributed by atoms with Crippen LogP contribution < -0.4 is 15.7 Å². The molecule has 2 aromatic rings. The molecule has 0 aliphatic rings. The number of aromatic nitrogens is 2. The summed E-state index contributed by atoms with van der Waals surface area (Å²) in [6.45, 7) is 3.78. The summed E-state index contributed by atoms with van der Waals surface area (Å²) in [5, 5.41) is 19.6. The summed E-state index contributed by atoms with van der Waals surface area (Å²) in [6, 6.07) is 8.51. The van der Waals surface area contributed by atoms with Gasteiger partial charge in [-0.2, -0.15) is 4.98 Å². The van der Waals surface area contributed by atoms with Crippen LogP contribution in [0.2, 0.25) is 0 Å². The Labute approximate surface area is 126 Å². The molecule has 3 N–H and O–H groups in total. The van der Waals surface area contributed by atoms with E-state index in [9.17, 15) is 10.0 Å². The normalized spacial score (nSPS) is 10.1. The number of hydrogen-bond acceptors (Lipinski definition) is 6. The van der Waals surface area contributed by atoms with E-state index in [1.54, 1.807) is 19.1 Å². The zero-order valence-electron chi connectivity index (χ0n) is 12.2. The quantitative estimate of drug-likeness (QED) is 0.751.